The Morgan fingerprint density at radius 3 is 2.69 bits per heavy atom. The fourth-order valence-electron chi connectivity index (χ4n) is 0.750. The highest BCUT2D eigenvalue weighted by atomic mass is 32.2. The fraction of sp³-hybridized carbons (Fsp3) is 1.00. The van der Waals surface area contributed by atoms with Crippen LogP contribution in [0.25, 0.3) is 10.4 Å². The predicted octanol–water partition coefficient (Wildman–Crippen LogP) is 0.748. The van der Waals surface area contributed by atoms with E-state index in [0.717, 1.165) is 0 Å². The zero-order chi connectivity index (χ0) is 10.2. The second-order valence-electron chi connectivity index (χ2n) is 2.45. The summed E-state index contributed by atoms with van der Waals surface area (Å²) in [4.78, 5) is 2.47. The van der Waals surface area contributed by atoms with E-state index in [4.69, 9.17) is 10.3 Å². The van der Waals surface area contributed by atoms with Gasteiger partial charge < -0.3 is 4.74 Å². The van der Waals surface area contributed by atoms with Gasteiger partial charge in [-0.1, -0.05) is 5.11 Å². The molecule has 0 atom stereocenters. The molecule has 0 rings (SSSR count). The van der Waals surface area contributed by atoms with Crippen molar-refractivity contribution in [2.45, 2.75) is 6.42 Å². The molecule has 0 aliphatic carbocycles. The van der Waals surface area contributed by atoms with Crippen LogP contribution in [0.15, 0.2) is 5.11 Å². The summed E-state index contributed by atoms with van der Waals surface area (Å²) in [5.74, 6) is 0.00254. The molecule has 0 saturated heterocycles. The first kappa shape index (κ1) is 12.2. The van der Waals surface area contributed by atoms with Crippen LogP contribution in [0.2, 0.25) is 0 Å². The minimum absolute atomic E-state index is 0.00577. The molecule has 0 spiro atoms. The van der Waals surface area contributed by atoms with Gasteiger partial charge in [0.25, 0.3) is 0 Å². The third-order valence-electron chi connectivity index (χ3n) is 1.37. The smallest absolute Gasteiger partial charge is 0.150 e. The van der Waals surface area contributed by atoms with Crippen LogP contribution in [-0.2, 0) is 14.6 Å². The molecule has 0 unspecified atom stereocenters. The molecule has 0 radical (unpaired) electrons. The molecule has 0 aromatic rings. The Morgan fingerprint density at radius 1 is 1.46 bits per heavy atom. The van der Waals surface area contributed by atoms with Gasteiger partial charge in [-0.2, -0.15) is 0 Å². The number of ether oxygens (including phenoxy) is 1. The van der Waals surface area contributed by atoms with Gasteiger partial charge in [0.15, 0.2) is 9.84 Å². The molecule has 0 fully saturated rings. The van der Waals surface area contributed by atoms with Gasteiger partial charge in [0, 0.05) is 25.2 Å². The molecule has 0 bridgehead atoms. The number of azide groups is 1. The van der Waals surface area contributed by atoms with Crippen molar-refractivity contribution in [3.05, 3.63) is 10.4 Å². The van der Waals surface area contributed by atoms with Crippen LogP contribution < -0.4 is 0 Å². The molecule has 0 saturated carbocycles. The number of hydrogen-bond donors (Lipinski definition) is 0. The van der Waals surface area contributed by atoms with E-state index in [1.54, 1.807) is 0 Å². The lowest BCUT2D eigenvalue weighted by Gasteiger charge is -2.00. The molecule has 0 aliphatic heterocycles. The Balaban J connectivity index is 3.74. The van der Waals surface area contributed by atoms with Crippen LogP contribution in [-0.4, -0.2) is 40.2 Å². The van der Waals surface area contributed by atoms with Crippen molar-refractivity contribution in [2.75, 3.05) is 31.8 Å². The molecular weight excluding hydrogens is 194 g/mol. The van der Waals surface area contributed by atoms with Crippen LogP contribution in [0.5, 0.6) is 0 Å². The summed E-state index contributed by atoms with van der Waals surface area (Å²) in [6, 6.07) is 0. The molecule has 13 heavy (non-hydrogen) atoms. The first-order valence-electron chi connectivity index (χ1n) is 3.82. The lowest BCUT2D eigenvalue weighted by atomic mass is 10.5. The van der Waals surface area contributed by atoms with Gasteiger partial charge in [0.2, 0.25) is 0 Å². The van der Waals surface area contributed by atoms with E-state index in [1.807, 2.05) is 0 Å². The predicted molar refractivity (Wildman–Crippen MR) is 49.2 cm³/mol. The van der Waals surface area contributed by atoms with E-state index < -0.39 is 9.84 Å². The minimum Gasteiger partial charge on any atom is -0.385 e. The Morgan fingerprint density at radius 2 is 2.15 bits per heavy atom. The number of hydrogen-bond acceptors (Lipinski definition) is 4. The lowest BCUT2D eigenvalue weighted by Crippen LogP contribution is -2.14. The molecular formula is C6H13N3O3S. The van der Waals surface area contributed by atoms with Crippen molar-refractivity contribution >= 4 is 9.84 Å². The first-order valence-corrected chi connectivity index (χ1v) is 5.65. The van der Waals surface area contributed by atoms with Crippen LogP contribution in [0.4, 0.5) is 0 Å². The Kier molecular flexibility index (Phi) is 6.30. The minimum atomic E-state index is -3.07. The van der Waals surface area contributed by atoms with Crippen molar-refractivity contribution in [1.82, 2.24) is 0 Å². The Labute approximate surface area is 77.4 Å². The highest BCUT2D eigenvalue weighted by Crippen LogP contribution is 1.94. The van der Waals surface area contributed by atoms with E-state index in [9.17, 15) is 8.42 Å². The zero-order valence-corrected chi connectivity index (χ0v) is 8.33. The first-order chi connectivity index (χ1) is 6.12. The third kappa shape index (κ3) is 7.58. The van der Waals surface area contributed by atoms with Gasteiger partial charge in [0.05, 0.1) is 11.5 Å². The molecule has 0 aromatic carbocycles. The molecule has 0 amide bonds. The Bertz CT molecular complexity index is 269. The summed E-state index contributed by atoms with van der Waals surface area (Å²) in [7, 11) is -1.55. The van der Waals surface area contributed by atoms with Crippen molar-refractivity contribution in [2.24, 2.45) is 5.11 Å². The summed E-state index contributed by atoms with van der Waals surface area (Å²) in [5, 5.41) is 3.16. The monoisotopic (exact) mass is 207 g/mol. The highest BCUT2D eigenvalue weighted by molar-refractivity contribution is 7.91. The largest absolute Gasteiger partial charge is 0.385 e. The average molecular weight is 207 g/mol. The van der Waals surface area contributed by atoms with Crippen LogP contribution in [0.3, 0.4) is 0 Å². The van der Waals surface area contributed by atoms with Crippen molar-refractivity contribution in [3.8, 4) is 0 Å². The quantitative estimate of drug-likeness (QED) is 0.267. The standard InChI is InChI=1S/C6H13N3O3S/c1-12-4-2-5-13(10,11)6-3-8-9-7/h2-6H2,1H3. The molecule has 0 aliphatic rings. The average Bonchev–Trinajstić information content (AvgIpc) is 2.05. The van der Waals surface area contributed by atoms with Gasteiger partial charge in [-0.25, -0.2) is 8.42 Å². The maximum atomic E-state index is 11.1. The van der Waals surface area contributed by atoms with Gasteiger partial charge in [-0.3, -0.25) is 0 Å². The maximum Gasteiger partial charge on any atom is 0.150 e. The molecule has 0 aromatic heterocycles. The highest BCUT2D eigenvalue weighted by Gasteiger charge is 2.08. The van der Waals surface area contributed by atoms with E-state index in [-0.39, 0.29) is 18.1 Å². The lowest BCUT2D eigenvalue weighted by molar-refractivity contribution is 0.199. The number of nitrogens with zero attached hydrogens (tertiary/aromatic N) is 3. The summed E-state index contributed by atoms with van der Waals surface area (Å²) < 4.78 is 27.0. The summed E-state index contributed by atoms with van der Waals surface area (Å²) in [5.41, 5.74) is 7.92. The molecule has 6 nitrogen and oxygen atoms in total. The maximum absolute atomic E-state index is 11.1. The third-order valence-corrected chi connectivity index (χ3v) is 3.08. The van der Waals surface area contributed by atoms with E-state index in [2.05, 4.69) is 10.0 Å². The van der Waals surface area contributed by atoms with Gasteiger partial charge in [-0.15, -0.1) is 0 Å². The number of rotatable bonds is 7. The normalized spacial score (nSPS) is 10.8. The van der Waals surface area contributed by atoms with Crippen LogP contribution >= 0.6 is 0 Å². The van der Waals surface area contributed by atoms with E-state index in [0.29, 0.717) is 13.0 Å². The summed E-state index contributed by atoms with van der Waals surface area (Å²) >= 11 is 0. The fourth-order valence-corrected chi connectivity index (χ4v) is 1.87. The van der Waals surface area contributed by atoms with Gasteiger partial charge in [0.1, 0.15) is 0 Å². The Hall–Kier alpha value is -0.780. The summed E-state index contributed by atoms with van der Waals surface area (Å²) in [6.07, 6.45) is 0.481. The second kappa shape index (κ2) is 6.71. The zero-order valence-electron chi connectivity index (χ0n) is 7.51. The molecule has 0 N–H and O–H groups in total. The van der Waals surface area contributed by atoms with Crippen molar-refractivity contribution in [3.63, 3.8) is 0 Å². The molecule has 0 heterocycles. The van der Waals surface area contributed by atoms with Gasteiger partial charge in [-0.05, 0) is 12.0 Å². The number of methoxy groups -OCH3 is 1. The number of sulfone groups is 1. The summed E-state index contributed by atoms with van der Waals surface area (Å²) in [6.45, 7) is 0.437. The van der Waals surface area contributed by atoms with E-state index >= 15 is 0 Å². The van der Waals surface area contributed by atoms with Crippen molar-refractivity contribution in [1.29, 1.82) is 0 Å². The molecule has 76 valence electrons. The van der Waals surface area contributed by atoms with Crippen LogP contribution in [0, 0.1) is 0 Å². The van der Waals surface area contributed by atoms with Gasteiger partial charge >= 0.3 is 0 Å². The molecule has 7 heteroatoms. The van der Waals surface area contributed by atoms with E-state index in [1.165, 1.54) is 7.11 Å². The van der Waals surface area contributed by atoms with Crippen LogP contribution in [0.1, 0.15) is 6.42 Å². The SMILES string of the molecule is COCCCS(=O)(=O)CCN=[N+]=[N-]. The van der Waals surface area contributed by atoms with Crippen molar-refractivity contribution < 1.29 is 13.2 Å². The second-order valence-corrected chi connectivity index (χ2v) is 4.76. The topological polar surface area (TPSA) is 92.1 Å².